The number of likely N-dealkylation sites (tertiary alicyclic amines) is 1. The van der Waals surface area contributed by atoms with E-state index in [9.17, 15) is 9.90 Å². The molecule has 0 bridgehead atoms. The third-order valence-electron chi connectivity index (χ3n) is 4.79. The summed E-state index contributed by atoms with van der Waals surface area (Å²) < 4.78 is 0. The number of rotatable bonds is 6. The first-order valence-corrected chi connectivity index (χ1v) is 7.93. The summed E-state index contributed by atoms with van der Waals surface area (Å²) in [6, 6.07) is 10.4. The molecule has 0 aromatic heterocycles. The number of hydrogen-bond acceptors (Lipinski definition) is 3. The van der Waals surface area contributed by atoms with E-state index in [0.29, 0.717) is 18.8 Å². The molecule has 0 amide bonds. The standard InChI is InChI=1S/C17H24N2O2/c20-16(21)17(18-12-14-6-7-14)8-10-19(11-9-17)13-15-4-2-1-3-5-15/h1-5,14,18H,6-13H2,(H,20,21). The van der Waals surface area contributed by atoms with Crippen molar-refractivity contribution in [3.63, 3.8) is 0 Å². The van der Waals surface area contributed by atoms with Crippen LogP contribution in [0.15, 0.2) is 30.3 Å². The fourth-order valence-corrected chi connectivity index (χ4v) is 3.06. The Balaban J connectivity index is 1.55. The van der Waals surface area contributed by atoms with Crippen LogP contribution < -0.4 is 5.32 Å². The molecule has 2 fully saturated rings. The van der Waals surface area contributed by atoms with Gasteiger partial charge in [-0.3, -0.25) is 9.69 Å². The molecule has 3 rings (SSSR count). The van der Waals surface area contributed by atoms with E-state index in [-0.39, 0.29) is 0 Å². The zero-order valence-corrected chi connectivity index (χ0v) is 12.4. The zero-order chi connectivity index (χ0) is 14.7. The van der Waals surface area contributed by atoms with E-state index in [1.54, 1.807) is 0 Å². The van der Waals surface area contributed by atoms with Crippen molar-refractivity contribution < 1.29 is 9.90 Å². The molecule has 0 radical (unpaired) electrons. The normalized spacial score (nSPS) is 22.1. The van der Waals surface area contributed by atoms with Gasteiger partial charge in [-0.25, -0.2) is 0 Å². The highest BCUT2D eigenvalue weighted by molar-refractivity contribution is 5.79. The van der Waals surface area contributed by atoms with Gasteiger partial charge in [-0.1, -0.05) is 30.3 Å². The van der Waals surface area contributed by atoms with Crippen LogP contribution in [0.4, 0.5) is 0 Å². The van der Waals surface area contributed by atoms with Gasteiger partial charge >= 0.3 is 5.97 Å². The Morgan fingerprint density at radius 3 is 2.48 bits per heavy atom. The van der Waals surface area contributed by atoms with Crippen molar-refractivity contribution in [1.82, 2.24) is 10.2 Å². The van der Waals surface area contributed by atoms with Gasteiger partial charge < -0.3 is 10.4 Å². The van der Waals surface area contributed by atoms with E-state index >= 15 is 0 Å². The summed E-state index contributed by atoms with van der Waals surface area (Å²) in [4.78, 5) is 14.0. The molecule has 0 spiro atoms. The molecule has 1 aromatic carbocycles. The Labute approximate surface area is 126 Å². The first kappa shape index (κ1) is 14.5. The third kappa shape index (κ3) is 3.63. The van der Waals surface area contributed by atoms with Gasteiger partial charge in [-0.05, 0) is 43.7 Å². The van der Waals surface area contributed by atoms with Crippen molar-refractivity contribution in [2.45, 2.75) is 37.8 Å². The highest BCUT2D eigenvalue weighted by Gasteiger charge is 2.42. The van der Waals surface area contributed by atoms with Crippen molar-refractivity contribution in [3.8, 4) is 0 Å². The van der Waals surface area contributed by atoms with Gasteiger partial charge in [-0.2, -0.15) is 0 Å². The van der Waals surface area contributed by atoms with Gasteiger partial charge in [-0.15, -0.1) is 0 Å². The summed E-state index contributed by atoms with van der Waals surface area (Å²) in [6.45, 7) is 3.47. The van der Waals surface area contributed by atoms with Crippen LogP contribution in [0.1, 0.15) is 31.2 Å². The molecule has 2 N–H and O–H groups in total. The molecule has 4 heteroatoms. The Kier molecular flexibility index (Phi) is 4.27. The fourth-order valence-electron chi connectivity index (χ4n) is 3.06. The molecular weight excluding hydrogens is 264 g/mol. The molecule has 1 saturated heterocycles. The molecule has 1 aromatic rings. The molecule has 114 valence electrons. The van der Waals surface area contributed by atoms with Crippen molar-refractivity contribution in [2.24, 2.45) is 5.92 Å². The van der Waals surface area contributed by atoms with Crippen LogP contribution in [0.3, 0.4) is 0 Å². The number of aliphatic carboxylic acids is 1. The maximum atomic E-state index is 11.7. The lowest BCUT2D eigenvalue weighted by molar-refractivity contribution is -0.147. The van der Waals surface area contributed by atoms with E-state index in [1.165, 1.54) is 18.4 Å². The molecule has 0 atom stereocenters. The molecular formula is C17H24N2O2. The van der Waals surface area contributed by atoms with Crippen molar-refractivity contribution in [3.05, 3.63) is 35.9 Å². The highest BCUT2D eigenvalue weighted by Crippen LogP contribution is 2.30. The Hall–Kier alpha value is -1.39. The van der Waals surface area contributed by atoms with Crippen LogP contribution in [0.25, 0.3) is 0 Å². The summed E-state index contributed by atoms with van der Waals surface area (Å²) in [5, 5.41) is 13.0. The number of nitrogens with one attached hydrogen (secondary N) is 1. The molecule has 2 aliphatic rings. The lowest BCUT2D eigenvalue weighted by Crippen LogP contribution is -2.58. The molecule has 1 aliphatic carbocycles. The monoisotopic (exact) mass is 288 g/mol. The van der Waals surface area contributed by atoms with Gasteiger partial charge in [0.2, 0.25) is 0 Å². The van der Waals surface area contributed by atoms with E-state index in [2.05, 4.69) is 34.5 Å². The summed E-state index contributed by atoms with van der Waals surface area (Å²) in [5.41, 5.74) is 0.599. The molecule has 21 heavy (non-hydrogen) atoms. The molecule has 1 saturated carbocycles. The number of benzene rings is 1. The molecule has 0 unspecified atom stereocenters. The van der Waals surface area contributed by atoms with Gasteiger partial charge in [0, 0.05) is 19.6 Å². The predicted octanol–water partition coefficient (Wildman–Crippen LogP) is 2.11. The van der Waals surface area contributed by atoms with Crippen molar-refractivity contribution >= 4 is 5.97 Å². The number of carboxylic acid groups (broad SMARTS) is 1. The second-order valence-corrected chi connectivity index (χ2v) is 6.47. The quantitative estimate of drug-likeness (QED) is 0.842. The number of carbonyl (C=O) groups is 1. The van der Waals surface area contributed by atoms with Crippen LogP contribution in [0.5, 0.6) is 0 Å². The largest absolute Gasteiger partial charge is 0.480 e. The average molecular weight is 288 g/mol. The fraction of sp³-hybridized carbons (Fsp3) is 0.588. The minimum atomic E-state index is -0.699. The minimum Gasteiger partial charge on any atom is -0.480 e. The molecule has 1 aliphatic heterocycles. The lowest BCUT2D eigenvalue weighted by Gasteiger charge is -2.39. The SMILES string of the molecule is O=C(O)C1(NCC2CC2)CCN(Cc2ccccc2)CC1. The summed E-state index contributed by atoms with van der Waals surface area (Å²) >= 11 is 0. The van der Waals surface area contributed by atoms with Gasteiger partial charge in [0.1, 0.15) is 5.54 Å². The Morgan fingerprint density at radius 2 is 1.90 bits per heavy atom. The molecule has 1 heterocycles. The van der Waals surface area contributed by atoms with Gasteiger partial charge in [0.25, 0.3) is 0 Å². The van der Waals surface area contributed by atoms with Crippen LogP contribution in [0, 0.1) is 5.92 Å². The maximum Gasteiger partial charge on any atom is 0.323 e. The second-order valence-electron chi connectivity index (χ2n) is 6.47. The zero-order valence-electron chi connectivity index (χ0n) is 12.4. The van der Waals surface area contributed by atoms with Gasteiger partial charge in [0.15, 0.2) is 0 Å². The van der Waals surface area contributed by atoms with Crippen molar-refractivity contribution in [2.75, 3.05) is 19.6 Å². The Bertz CT molecular complexity index is 477. The minimum absolute atomic E-state index is 0.678. The number of nitrogens with zero attached hydrogens (tertiary/aromatic N) is 1. The maximum absolute atomic E-state index is 11.7. The van der Waals surface area contributed by atoms with Crippen LogP contribution >= 0.6 is 0 Å². The van der Waals surface area contributed by atoms with E-state index in [1.807, 2.05) is 6.07 Å². The lowest BCUT2D eigenvalue weighted by atomic mass is 9.87. The topological polar surface area (TPSA) is 52.6 Å². The Morgan fingerprint density at radius 1 is 1.24 bits per heavy atom. The van der Waals surface area contributed by atoms with E-state index in [4.69, 9.17) is 0 Å². The summed E-state index contributed by atoms with van der Waals surface area (Å²) in [6.07, 6.45) is 3.90. The highest BCUT2D eigenvalue weighted by atomic mass is 16.4. The first-order valence-electron chi connectivity index (χ1n) is 7.93. The van der Waals surface area contributed by atoms with E-state index < -0.39 is 11.5 Å². The first-order chi connectivity index (χ1) is 10.2. The number of piperidine rings is 1. The van der Waals surface area contributed by atoms with Crippen molar-refractivity contribution in [1.29, 1.82) is 0 Å². The molecule has 4 nitrogen and oxygen atoms in total. The smallest absolute Gasteiger partial charge is 0.323 e. The van der Waals surface area contributed by atoms with Crippen LogP contribution in [-0.2, 0) is 11.3 Å². The summed E-state index contributed by atoms with van der Waals surface area (Å²) in [7, 11) is 0. The average Bonchev–Trinajstić information content (AvgIpc) is 3.32. The number of hydrogen-bond donors (Lipinski definition) is 2. The van der Waals surface area contributed by atoms with Gasteiger partial charge in [0.05, 0.1) is 0 Å². The summed E-state index contributed by atoms with van der Waals surface area (Å²) in [5.74, 6) is 0.0334. The van der Waals surface area contributed by atoms with Crippen LogP contribution in [0.2, 0.25) is 0 Å². The predicted molar refractivity (Wildman–Crippen MR) is 82.0 cm³/mol. The number of carboxylic acids is 1. The van der Waals surface area contributed by atoms with Crippen LogP contribution in [-0.4, -0.2) is 41.1 Å². The van der Waals surface area contributed by atoms with E-state index in [0.717, 1.165) is 26.2 Å². The second kappa shape index (κ2) is 6.16. The third-order valence-corrected chi connectivity index (χ3v) is 4.79.